The Balaban J connectivity index is 2.05. The number of alkyl halides is 3. The van der Waals surface area contributed by atoms with E-state index in [4.69, 9.17) is 0 Å². The van der Waals surface area contributed by atoms with E-state index in [0.29, 0.717) is 5.56 Å². The molecular formula is C19H18F3NO2. The van der Waals surface area contributed by atoms with Crippen molar-refractivity contribution >= 4 is 11.7 Å². The molecule has 3 nitrogen and oxygen atoms in total. The first-order chi connectivity index (χ1) is 11.7. The van der Waals surface area contributed by atoms with E-state index in [1.807, 2.05) is 0 Å². The lowest BCUT2D eigenvalue weighted by Gasteiger charge is -2.15. The van der Waals surface area contributed by atoms with Gasteiger partial charge in [-0.3, -0.25) is 9.59 Å². The van der Waals surface area contributed by atoms with Crippen LogP contribution in [0.1, 0.15) is 46.9 Å². The van der Waals surface area contributed by atoms with E-state index < -0.39 is 11.7 Å². The molecule has 0 saturated heterocycles. The van der Waals surface area contributed by atoms with Crippen molar-refractivity contribution in [3.8, 4) is 0 Å². The van der Waals surface area contributed by atoms with Crippen LogP contribution in [0.25, 0.3) is 0 Å². The van der Waals surface area contributed by atoms with E-state index >= 15 is 0 Å². The highest BCUT2D eigenvalue weighted by molar-refractivity contribution is 5.94. The molecule has 6 heteroatoms. The summed E-state index contributed by atoms with van der Waals surface area (Å²) in [6, 6.07) is 11.2. The Labute approximate surface area is 143 Å². The molecule has 1 atom stereocenters. The van der Waals surface area contributed by atoms with Crippen molar-refractivity contribution in [2.24, 2.45) is 0 Å². The Hall–Kier alpha value is -2.63. The van der Waals surface area contributed by atoms with Gasteiger partial charge in [0.2, 0.25) is 5.91 Å². The number of amides is 1. The van der Waals surface area contributed by atoms with Crippen LogP contribution in [0.15, 0.2) is 48.5 Å². The summed E-state index contributed by atoms with van der Waals surface area (Å²) in [7, 11) is 0. The Bertz CT molecular complexity index is 784. The number of rotatable bonds is 5. The molecule has 2 aromatic carbocycles. The highest BCUT2D eigenvalue weighted by Gasteiger charge is 2.30. The van der Waals surface area contributed by atoms with Crippen LogP contribution in [0, 0.1) is 0 Å². The van der Waals surface area contributed by atoms with Crippen molar-refractivity contribution < 1.29 is 22.8 Å². The molecule has 0 aliphatic rings. The minimum Gasteiger partial charge on any atom is -0.349 e. The summed E-state index contributed by atoms with van der Waals surface area (Å²) in [5, 5.41) is 2.74. The third kappa shape index (κ3) is 5.17. The summed E-state index contributed by atoms with van der Waals surface area (Å²) in [5.41, 5.74) is 0.804. The Morgan fingerprint density at radius 2 is 1.76 bits per heavy atom. The number of halogens is 3. The van der Waals surface area contributed by atoms with Gasteiger partial charge in [-0.2, -0.15) is 13.2 Å². The molecular weight excluding hydrogens is 331 g/mol. The van der Waals surface area contributed by atoms with Crippen LogP contribution in [-0.2, 0) is 17.4 Å². The van der Waals surface area contributed by atoms with Crippen LogP contribution in [0.3, 0.4) is 0 Å². The number of benzene rings is 2. The SMILES string of the molecule is CC(=O)c1cccc(C(C)NC(=O)Cc2cccc(C(F)(F)F)c2)c1. The molecule has 0 saturated carbocycles. The molecule has 132 valence electrons. The molecule has 25 heavy (non-hydrogen) atoms. The monoisotopic (exact) mass is 349 g/mol. The van der Waals surface area contributed by atoms with Crippen LogP contribution >= 0.6 is 0 Å². The molecule has 1 unspecified atom stereocenters. The van der Waals surface area contributed by atoms with E-state index in [-0.39, 0.29) is 29.7 Å². The smallest absolute Gasteiger partial charge is 0.349 e. The summed E-state index contributed by atoms with van der Waals surface area (Å²) in [4.78, 5) is 23.5. The van der Waals surface area contributed by atoms with E-state index in [1.54, 1.807) is 31.2 Å². The molecule has 0 bridgehead atoms. The molecule has 0 spiro atoms. The fraction of sp³-hybridized carbons (Fsp3) is 0.263. The molecule has 0 radical (unpaired) electrons. The van der Waals surface area contributed by atoms with Crippen molar-refractivity contribution in [2.75, 3.05) is 0 Å². The van der Waals surface area contributed by atoms with Gasteiger partial charge in [-0.1, -0.05) is 36.4 Å². The normalized spacial score (nSPS) is 12.5. The van der Waals surface area contributed by atoms with Gasteiger partial charge in [-0.25, -0.2) is 0 Å². The first-order valence-electron chi connectivity index (χ1n) is 7.73. The standard InChI is InChI=1S/C19H18F3NO2/c1-12(15-6-4-7-16(11-15)13(2)24)23-18(25)10-14-5-3-8-17(9-14)19(20,21)22/h3-9,11-12H,10H2,1-2H3,(H,23,25). The second kappa shape index (κ2) is 7.51. The highest BCUT2D eigenvalue weighted by atomic mass is 19.4. The number of Topliss-reactive ketones (excluding diaryl/α,β-unsaturated/α-hetero) is 1. The van der Waals surface area contributed by atoms with Crippen LogP contribution < -0.4 is 5.32 Å². The van der Waals surface area contributed by atoms with E-state index in [9.17, 15) is 22.8 Å². The summed E-state index contributed by atoms with van der Waals surface area (Å²) in [6.45, 7) is 3.21. The maximum absolute atomic E-state index is 12.7. The fourth-order valence-electron chi connectivity index (χ4n) is 2.45. The van der Waals surface area contributed by atoms with Gasteiger partial charge < -0.3 is 5.32 Å². The topological polar surface area (TPSA) is 46.2 Å². The second-order valence-corrected chi connectivity index (χ2v) is 5.85. The molecule has 0 heterocycles. The zero-order valence-corrected chi connectivity index (χ0v) is 13.9. The number of carbonyl (C=O) groups excluding carboxylic acids is 2. The maximum atomic E-state index is 12.7. The number of nitrogens with one attached hydrogen (secondary N) is 1. The molecule has 0 aromatic heterocycles. The molecule has 1 amide bonds. The minimum absolute atomic E-state index is 0.0793. The lowest BCUT2D eigenvalue weighted by Crippen LogP contribution is -2.28. The summed E-state index contributed by atoms with van der Waals surface area (Å²) < 4.78 is 38.1. The van der Waals surface area contributed by atoms with Gasteiger partial charge in [-0.05, 0) is 37.1 Å². The van der Waals surface area contributed by atoms with Gasteiger partial charge in [0.1, 0.15) is 0 Å². The Kier molecular flexibility index (Phi) is 5.62. The fourth-order valence-corrected chi connectivity index (χ4v) is 2.45. The molecule has 2 rings (SSSR count). The quantitative estimate of drug-likeness (QED) is 0.817. The highest BCUT2D eigenvalue weighted by Crippen LogP contribution is 2.29. The van der Waals surface area contributed by atoms with Gasteiger partial charge in [0, 0.05) is 5.56 Å². The number of ketones is 1. The summed E-state index contributed by atoms with van der Waals surface area (Å²) >= 11 is 0. The average Bonchev–Trinajstić information content (AvgIpc) is 2.54. The average molecular weight is 349 g/mol. The van der Waals surface area contributed by atoms with Crippen molar-refractivity contribution in [1.29, 1.82) is 0 Å². The molecule has 0 fully saturated rings. The molecule has 0 aliphatic carbocycles. The van der Waals surface area contributed by atoms with Gasteiger partial charge in [0.05, 0.1) is 18.0 Å². The second-order valence-electron chi connectivity index (χ2n) is 5.85. The molecule has 0 aliphatic heterocycles. The lowest BCUT2D eigenvalue weighted by molar-refractivity contribution is -0.137. The summed E-state index contributed by atoms with van der Waals surface area (Å²) in [6.07, 6.45) is -4.59. The van der Waals surface area contributed by atoms with E-state index in [2.05, 4.69) is 5.32 Å². The molecule has 1 N–H and O–H groups in total. The van der Waals surface area contributed by atoms with Gasteiger partial charge in [0.25, 0.3) is 0 Å². The minimum atomic E-state index is -4.44. The first kappa shape index (κ1) is 18.7. The van der Waals surface area contributed by atoms with Crippen molar-refractivity contribution in [3.63, 3.8) is 0 Å². The van der Waals surface area contributed by atoms with Crippen LogP contribution in [-0.4, -0.2) is 11.7 Å². The van der Waals surface area contributed by atoms with E-state index in [0.717, 1.165) is 17.7 Å². The third-order valence-corrected chi connectivity index (χ3v) is 3.79. The molecule has 2 aromatic rings. The van der Waals surface area contributed by atoms with Crippen molar-refractivity contribution in [2.45, 2.75) is 32.5 Å². The van der Waals surface area contributed by atoms with Crippen molar-refractivity contribution in [3.05, 3.63) is 70.8 Å². The largest absolute Gasteiger partial charge is 0.416 e. The number of hydrogen-bond donors (Lipinski definition) is 1. The van der Waals surface area contributed by atoms with Crippen molar-refractivity contribution in [1.82, 2.24) is 5.32 Å². The van der Waals surface area contributed by atoms with Gasteiger partial charge >= 0.3 is 6.18 Å². The van der Waals surface area contributed by atoms with Gasteiger partial charge in [0.15, 0.2) is 5.78 Å². The predicted molar refractivity (Wildman–Crippen MR) is 88.2 cm³/mol. The lowest BCUT2D eigenvalue weighted by atomic mass is 10.0. The predicted octanol–water partition coefficient (Wildman–Crippen LogP) is 4.33. The van der Waals surface area contributed by atoms with Crippen LogP contribution in [0.5, 0.6) is 0 Å². The first-order valence-corrected chi connectivity index (χ1v) is 7.73. The van der Waals surface area contributed by atoms with Gasteiger partial charge in [-0.15, -0.1) is 0 Å². The maximum Gasteiger partial charge on any atom is 0.416 e. The zero-order chi connectivity index (χ0) is 18.6. The van der Waals surface area contributed by atoms with Crippen LogP contribution in [0.2, 0.25) is 0 Å². The Morgan fingerprint density at radius 3 is 2.40 bits per heavy atom. The zero-order valence-electron chi connectivity index (χ0n) is 13.9. The summed E-state index contributed by atoms with van der Waals surface area (Å²) in [5.74, 6) is -0.468. The Morgan fingerprint density at radius 1 is 1.08 bits per heavy atom. The van der Waals surface area contributed by atoms with Crippen LogP contribution in [0.4, 0.5) is 13.2 Å². The number of hydrogen-bond acceptors (Lipinski definition) is 2. The third-order valence-electron chi connectivity index (χ3n) is 3.79. The van der Waals surface area contributed by atoms with E-state index in [1.165, 1.54) is 19.1 Å². The number of carbonyl (C=O) groups is 2.